The Hall–Kier alpha value is -2.78. The zero-order valence-electron chi connectivity index (χ0n) is 16.7. The van der Waals surface area contributed by atoms with E-state index in [-0.39, 0.29) is 0 Å². The van der Waals surface area contributed by atoms with E-state index in [1.165, 1.54) is 10.4 Å². The van der Waals surface area contributed by atoms with Crippen LogP contribution in [0.4, 0.5) is 11.6 Å². The molecule has 4 N–H and O–H groups in total. The minimum absolute atomic E-state index is 0.455. The summed E-state index contributed by atoms with van der Waals surface area (Å²) in [6.07, 6.45) is 2.35. The summed E-state index contributed by atoms with van der Waals surface area (Å²) in [5.41, 5.74) is 13.0. The summed E-state index contributed by atoms with van der Waals surface area (Å²) < 4.78 is 0. The van der Waals surface area contributed by atoms with Crippen molar-refractivity contribution in [3.63, 3.8) is 0 Å². The van der Waals surface area contributed by atoms with Gasteiger partial charge in [-0.15, -0.1) is 11.3 Å². The van der Waals surface area contributed by atoms with Gasteiger partial charge >= 0.3 is 0 Å². The molecule has 0 aromatic carbocycles. The Labute approximate surface area is 173 Å². The first kappa shape index (κ1) is 19.5. The van der Waals surface area contributed by atoms with E-state index >= 15 is 0 Å². The molecule has 152 valence electrons. The third-order valence-electron chi connectivity index (χ3n) is 5.35. The zero-order chi connectivity index (χ0) is 20.5. The van der Waals surface area contributed by atoms with Gasteiger partial charge < -0.3 is 21.3 Å². The highest BCUT2D eigenvalue weighted by Crippen LogP contribution is 2.35. The number of thiophene rings is 1. The number of aromatic nitrogens is 3. The fourth-order valence-corrected chi connectivity index (χ4v) is 4.76. The molecule has 0 aliphatic carbocycles. The van der Waals surface area contributed by atoms with E-state index in [1.807, 2.05) is 0 Å². The maximum Gasteiger partial charge on any atom is 0.252 e. The van der Waals surface area contributed by atoms with Crippen molar-refractivity contribution in [3.05, 3.63) is 40.2 Å². The SMILES string of the molecule is Cc1sc2nc(CCN)nc(N3CCN(c4ncccc4C(N)=O)CC3)c2c1C. The first-order valence-corrected chi connectivity index (χ1v) is 10.5. The topological polar surface area (TPSA) is 114 Å². The van der Waals surface area contributed by atoms with Crippen molar-refractivity contribution in [2.45, 2.75) is 20.3 Å². The number of carbonyl (C=O) groups excluding carboxylic acids is 1. The normalized spacial score (nSPS) is 14.6. The number of piperazine rings is 1. The number of nitrogens with zero attached hydrogens (tertiary/aromatic N) is 5. The Morgan fingerprint density at radius 2 is 1.83 bits per heavy atom. The monoisotopic (exact) mass is 411 g/mol. The van der Waals surface area contributed by atoms with Gasteiger partial charge in [0.25, 0.3) is 5.91 Å². The summed E-state index contributed by atoms with van der Waals surface area (Å²) >= 11 is 1.71. The predicted octanol–water partition coefficient (Wildman–Crippen LogP) is 1.63. The molecular formula is C20H25N7OS. The Morgan fingerprint density at radius 3 is 2.48 bits per heavy atom. The molecule has 9 heteroatoms. The summed E-state index contributed by atoms with van der Waals surface area (Å²) in [7, 11) is 0. The van der Waals surface area contributed by atoms with Gasteiger partial charge in [-0.2, -0.15) is 0 Å². The van der Waals surface area contributed by atoms with Crippen molar-refractivity contribution in [2.24, 2.45) is 11.5 Å². The van der Waals surface area contributed by atoms with Crippen molar-refractivity contribution in [2.75, 3.05) is 42.5 Å². The molecule has 1 aliphatic heterocycles. The van der Waals surface area contributed by atoms with E-state index in [4.69, 9.17) is 21.4 Å². The number of hydrogen-bond donors (Lipinski definition) is 2. The summed E-state index contributed by atoms with van der Waals surface area (Å²) in [6.45, 7) is 7.80. The number of rotatable bonds is 5. The van der Waals surface area contributed by atoms with Crippen LogP contribution in [0.5, 0.6) is 0 Å². The van der Waals surface area contributed by atoms with E-state index in [0.717, 1.165) is 48.0 Å². The zero-order valence-corrected chi connectivity index (χ0v) is 17.5. The van der Waals surface area contributed by atoms with Gasteiger partial charge in [0.15, 0.2) is 0 Å². The average Bonchev–Trinajstić information content (AvgIpc) is 3.01. The second kappa shape index (κ2) is 7.92. The van der Waals surface area contributed by atoms with Crippen LogP contribution in [0, 0.1) is 13.8 Å². The van der Waals surface area contributed by atoms with E-state index < -0.39 is 5.91 Å². The summed E-state index contributed by atoms with van der Waals surface area (Å²) in [6, 6.07) is 3.46. The van der Waals surface area contributed by atoms with Crippen LogP contribution in [0.25, 0.3) is 10.2 Å². The van der Waals surface area contributed by atoms with Crippen molar-refractivity contribution in [3.8, 4) is 0 Å². The summed E-state index contributed by atoms with van der Waals surface area (Å²) in [5.74, 6) is 1.97. The van der Waals surface area contributed by atoms with Crippen molar-refractivity contribution in [1.82, 2.24) is 15.0 Å². The number of pyridine rings is 1. The van der Waals surface area contributed by atoms with Gasteiger partial charge in [0.05, 0.1) is 10.9 Å². The lowest BCUT2D eigenvalue weighted by molar-refractivity contribution is 0.100. The Bertz CT molecular complexity index is 1060. The maximum atomic E-state index is 11.8. The van der Waals surface area contributed by atoms with E-state index in [9.17, 15) is 4.79 Å². The van der Waals surface area contributed by atoms with Crippen LogP contribution in [0.3, 0.4) is 0 Å². The number of fused-ring (bicyclic) bond motifs is 1. The van der Waals surface area contributed by atoms with Gasteiger partial charge in [0, 0.05) is 43.7 Å². The number of carbonyl (C=O) groups is 1. The van der Waals surface area contributed by atoms with Crippen LogP contribution in [-0.2, 0) is 6.42 Å². The molecule has 0 radical (unpaired) electrons. The van der Waals surface area contributed by atoms with Crippen molar-refractivity contribution >= 4 is 39.1 Å². The molecule has 4 rings (SSSR count). The highest BCUT2D eigenvalue weighted by molar-refractivity contribution is 7.18. The number of amides is 1. The minimum Gasteiger partial charge on any atom is -0.365 e. The van der Waals surface area contributed by atoms with Gasteiger partial charge in [-0.25, -0.2) is 15.0 Å². The van der Waals surface area contributed by atoms with E-state index in [0.29, 0.717) is 24.3 Å². The largest absolute Gasteiger partial charge is 0.365 e. The second-order valence-corrected chi connectivity index (χ2v) is 8.38. The fraction of sp³-hybridized carbons (Fsp3) is 0.400. The molecule has 0 saturated carbocycles. The number of aryl methyl sites for hydroxylation is 2. The molecule has 0 unspecified atom stereocenters. The highest BCUT2D eigenvalue weighted by atomic mass is 32.1. The van der Waals surface area contributed by atoms with Crippen LogP contribution in [-0.4, -0.2) is 53.6 Å². The molecule has 3 aromatic heterocycles. The van der Waals surface area contributed by atoms with E-state index in [1.54, 1.807) is 29.7 Å². The third kappa shape index (κ3) is 3.63. The Balaban J connectivity index is 1.63. The average molecular weight is 412 g/mol. The molecular weight excluding hydrogens is 386 g/mol. The van der Waals surface area contributed by atoms with Gasteiger partial charge in [-0.3, -0.25) is 4.79 Å². The van der Waals surface area contributed by atoms with Crippen LogP contribution in [0.2, 0.25) is 0 Å². The smallest absolute Gasteiger partial charge is 0.252 e. The quantitative estimate of drug-likeness (QED) is 0.656. The number of nitrogens with two attached hydrogens (primary N) is 2. The minimum atomic E-state index is -0.455. The van der Waals surface area contributed by atoms with Crippen LogP contribution < -0.4 is 21.3 Å². The fourth-order valence-electron chi connectivity index (χ4n) is 3.71. The summed E-state index contributed by atoms with van der Waals surface area (Å²) in [4.78, 5) is 32.4. The lowest BCUT2D eigenvalue weighted by Crippen LogP contribution is -2.47. The third-order valence-corrected chi connectivity index (χ3v) is 6.46. The lowest BCUT2D eigenvalue weighted by Gasteiger charge is -2.37. The van der Waals surface area contributed by atoms with Crippen LogP contribution >= 0.6 is 11.3 Å². The van der Waals surface area contributed by atoms with Crippen molar-refractivity contribution in [1.29, 1.82) is 0 Å². The Morgan fingerprint density at radius 1 is 1.14 bits per heavy atom. The van der Waals surface area contributed by atoms with Crippen molar-refractivity contribution < 1.29 is 4.79 Å². The molecule has 0 atom stereocenters. The molecule has 0 bridgehead atoms. The van der Waals surface area contributed by atoms with Gasteiger partial charge in [0.1, 0.15) is 22.3 Å². The standard InChI is InChI=1S/C20H25N7OS/c1-12-13(2)29-20-16(12)19(24-15(25-20)5-6-21)27-10-8-26(9-11-27)18-14(17(22)28)4-3-7-23-18/h3-4,7H,5-6,8-11,21H2,1-2H3,(H2,22,28). The van der Waals surface area contributed by atoms with Gasteiger partial charge in [0.2, 0.25) is 0 Å². The highest BCUT2D eigenvalue weighted by Gasteiger charge is 2.25. The first-order chi connectivity index (χ1) is 14.0. The molecule has 3 aromatic rings. The molecule has 1 aliphatic rings. The summed E-state index contributed by atoms with van der Waals surface area (Å²) in [5, 5.41) is 1.14. The van der Waals surface area contributed by atoms with Gasteiger partial charge in [-0.05, 0) is 38.1 Å². The molecule has 1 amide bonds. The lowest BCUT2D eigenvalue weighted by atomic mass is 10.1. The molecule has 4 heterocycles. The molecule has 0 spiro atoms. The number of hydrogen-bond acceptors (Lipinski definition) is 8. The number of primary amides is 1. The Kier molecular flexibility index (Phi) is 5.33. The number of anilines is 2. The maximum absolute atomic E-state index is 11.8. The molecule has 8 nitrogen and oxygen atoms in total. The predicted molar refractivity (Wildman–Crippen MR) is 117 cm³/mol. The van der Waals surface area contributed by atoms with Crippen LogP contribution in [0.1, 0.15) is 26.6 Å². The van der Waals surface area contributed by atoms with Crippen LogP contribution in [0.15, 0.2) is 18.3 Å². The first-order valence-electron chi connectivity index (χ1n) is 9.71. The van der Waals surface area contributed by atoms with Gasteiger partial charge in [-0.1, -0.05) is 0 Å². The second-order valence-electron chi connectivity index (χ2n) is 7.18. The molecule has 1 saturated heterocycles. The molecule has 29 heavy (non-hydrogen) atoms. The van der Waals surface area contributed by atoms with E-state index in [2.05, 4.69) is 28.6 Å². The molecule has 1 fully saturated rings.